The highest BCUT2D eigenvalue weighted by molar-refractivity contribution is 5.78. The molecule has 3 rings (SSSR count). The lowest BCUT2D eigenvalue weighted by atomic mass is 10.1. The Morgan fingerprint density at radius 1 is 1.08 bits per heavy atom. The third-order valence-electron chi connectivity index (χ3n) is 4.68. The molecule has 0 radical (unpaired) electrons. The summed E-state index contributed by atoms with van der Waals surface area (Å²) in [5.74, 6) is 0.124. The molecule has 1 N–H and O–H groups in total. The van der Waals surface area contributed by atoms with Gasteiger partial charge in [0.15, 0.2) is 0 Å². The highest BCUT2D eigenvalue weighted by Crippen LogP contribution is 2.19. The minimum Gasteiger partial charge on any atom is -0.353 e. The molecule has 1 aliphatic heterocycles. The summed E-state index contributed by atoms with van der Waals surface area (Å²) >= 11 is 0. The maximum Gasteiger partial charge on any atom is 0.234 e. The molecule has 0 atom stereocenters. The van der Waals surface area contributed by atoms with Crippen LogP contribution in [-0.2, 0) is 18.4 Å². The van der Waals surface area contributed by atoms with Gasteiger partial charge in [0.2, 0.25) is 5.91 Å². The van der Waals surface area contributed by atoms with E-state index in [4.69, 9.17) is 0 Å². The zero-order valence-electron chi connectivity index (χ0n) is 16.0. The molecule has 6 nitrogen and oxygen atoms in total. The topological polar surface area (TPSA) is 53.4 Å². The van der Waals surface area contributed by atoms with Crippen molar-refractivity contribution in [3.63, 3.8) is 0 Å². The Labute approximate surface area is 155 Å². The smallest absolute Gasteiger partial charge is 0.234 e. The van der Waals surface area contributed by atoms with Crippen LogP contribution >= 0.6 is 0 Å². The molecule has 140 valence electrons. The third kappa shape index (κ3) is 5.16. The lowest BCUT2D eigenvalue weighted by molar-refractivity contribution is -0.123. The molecule has 0 saturated carbocycles. The van der Waals surface area contributed by atoms with Crippen LogP contribution in [0.5, 0.6) is 0 Å². The first-order chi connectivity index (χ1) is 12.5. The summed E-state index contributed by atoms with van der Waals surface area (Å²) in [6.45, 7) is 9.34. The molecule has 0 aliphatic carbocycles. The van der Waals surface area contributed by atoms with Gasteiger partial charge in [-0.1, -0.05) is 24.3 Å². The number of benzene rings is 1. The van der Waals surface area contributed by atoms with Crippen molar-refractivity contribution >= 4 is 5.91 Å². The van der Waals surface area contributed by atoms with Gasteiger partial charge in [-0.25, -0.2) is 0 Å². The van der Waals surface area contributed by atoms with Crippen LogP contribution in [0, 0.1) is 0 Å². The van der Waals surface area contributed by atoms with Crippen molar-refractivity contribution in [2.24, 2.45) is 7.05 Å². The molecule has 1 aromatic carbocycles. The number of hydrogen-bond donors (Lipinski definition) is 1. The Kier molecular flexibility index (Phi) is 6.06. The summed E-state index contributed by atoms with van der Waals surface area (Å²) in [4.78, 5) is 16.6. The summed E-state index contributed by atoms with van der Waals surface area (Å²) < 4.78 is 1.82. The van der Waals surface area contributed by atoms with Crippen molar-refractivity contribution in [1.82, 2.24) is 24.9 Å². The summed E-state index contributed by atoms with van der Waals surface area (Å²) in [5, 5.41) is 7.19. The van der Waals surface area contributed by atoms with Crippen molar-refractivity contribution < 1.29 is 4.79 Å². The fourth-order valence-electron chi connectivity index (χ4n) is 3.31. The third-order valence-corrected chi connectivity index (χ3v) is 4.68. The van der Waals surface area contributed by atoms with E-state index in [1.54, 1.807) is 0 Å². The second-order valence-corrected chi connectivity index (χ2v) is 7.37. The quantitative estimate of drug-likeness (QED) is 0.857. The van der Waals surface area contributed by atoms with Crippen molar-refractivity contribution in [3.05, 3.63) is 42.2 Å². The Balaban J connectivity index is 1.46. The lowest BCUT2D eigenvalue weighted by Gasteiger charge is -2.34. The van der Waals surface area contributed by atoms with Gasteiger partial charge in [0.25, 0.3) is 0 Å². The van der Waals surface area contributed by atoms with E-state index >= 15 is 0 Å². The van der Waals surface area contributed by atoms with Crippen LogP contribution in [0.4, 0.5) is 0 Å². The minimum atomic E-state index is 0.124. The van der Waals surface area contributed by atoms with Crippen LogP contribution in [0.15, 0.2) is 36.7 Å². The molecule has 1 fully saturated rings. The maximum atomic E-state index is 11.9. The van der Waals surface area contributed by atoms with Gasteiger partial charge in [0.1, 0.15) is 0 Å². The molecular formula is C20H29N5O. The van der Waals surface area contributed by atoms with Gasteiger partial charge in [-0.2, -0.15) is 5.10 Å². The zero-order valence-corrected chi connectivity index (χ0v) is 16.0. The van der Waals surface area contributed by atoms with Crippen LogP contribution < -0.4 is 5.32 Å². The van der Waals surface area contributed by atoms with Gasteiger partial charge in [0, 0.05) is 57.6 Å². The molecule has 1 amide bonds. The molecule has 1 aromatic heterocycles. The first-order valence-electron chi connectivity index (χ1n) is 9.31. The first-order valence-corrected chi connectivity index (χ1v) is 9.31. The molecular weight excluding hydrogens is 326 g/mol. The summed E-state index contributed by atoms with van der Waals surface area (Å²) in [7, 11) is 1.93. The van der Waals surface area contributed by atoms with Gasteiger partial charge >= 0.3 is 0 Å². The van der Waals surface area contributed by atoms with Crippen LogP contribution in [-0.4, -0.2) is 64.3 Å². The number of carbonyl (C=O) groups is 1. The van der Waals surface area contributed by atoms with Gasteiger partial charge in [-0.3, -0.25) is 19.3 Å². The number of amides is 1. The molecule has 2 aromatic rings. The predicted octanol–water partition coefficient (Wildman–Crippen LogP) is 1.73. The fraction of sp³-hybridized carbons (Fsp3) is 0.500. The normalized spacial score (nSPS) is 16.2. The number of nitrogens with one attached hydrogen (secondary N) is 1. The van der Waals surface area contributed by atoms with E-state index in [0.717, 1.165) is 38.3 Å². The van der Waals surface area contributed by atoms with E-state index in [0.29, 0.717) is 6.54 Å². The summed E-state index contributed by atoms with van der Waals surface area (Å²) in [6.07, 6.45) is 3.92. The van der Waals surface area contributed by atoms with Crippen LogP contribution in [0.2, 0.25) is 0 Å². The molecule has 6 heteroatoms. The van der Waals surface area contributed by atoms with Crippen molar-refractivity contribution in [2.45, 2.75) is 26.4 Å². The van der Waals surface area contributed by atoms with E-state index < -0.39 is 0 Å². The minimum absolute atomic E-state index is 0.124. The highest BCUT2D eigenvalue weighted by Gasteiger charge is 2.19. The number of nitrogens with zero attached hydrogens (tertiary/aromatic N) is 4. The number of aromatic nitrogens is 2. The SMILES string of the molecule is CC(C)NC(=O)CN1CCN(Cc2ccc(-c3cnn(C)c3)cc2)CC1. The summed E-state index contributed by atoms with van der Waals surface area (Å²) in [5.41, 5.74) is 3.67. The second kappa shape index (κ2) is 8.47. The monoisotopic (exact) mass is 355 g/mol. The average Bonchev–Trinajstić information content (AvgIpc) is 3.03. The van der Waals surface area contributed by atoms with Crippen molar-refractivity contribution in [3.8, 4) is 11.1 Å². The van der Waals surface area contributed by atoms with Crippen molar-refractivity contribution in [2.75, 3.05) is 32.7 Å². The Morgan fingerprint density at radius 3 is 2.31 bits per heavy atom. The van der Waals surface area contributed by atoms with Gasteiger partial charge in [-0.15, -0.1) is 0 Å². The second-order valence-electron chi connectivity index (χ2n) is 7.37. The van der Waals surface area contributed by atoms with Crippen LogP contribution in [0.3, 0.4) is 0 Å². The van der Waals surface area contributed by atoms with Gasteiger partial charge < -0.3 is 5.32 Å². The Bertz CT molecular complexity index is 714. The molecule has 0 spiro atoms. The molecule has 1 saturated heterocycles. The molecule has 2 heterocycles. The van der Waals surface area contributed by atoms with E-state index in [1.807, 2.05) is 38.0 Å². The predicted molar refractivity (Wildman–Crippen MR) is 104 cm³/mol. The molecule has 26 heavy (non-hydrogen) atoms. The number of aryl methyl sites for hydroxylation is 1. The van der Waals surface area contributed by atoms with E-state index in [1.165, 1.54) is 11.1 Å². The standard InChI is InChI=1S/C20H29N5O/c1-16(2)22-20(26)15-25-10-8-24(9-11-25)13-17-4-6-18(7-5-17)19-12-21-23(3)14-19/h4-7,12,14,16H,8-11,13,15H2,1-3H3,(H,22,26). The average molecular weight is 355 g/mol. The number of piperazine rings is 1. The van der Waals surface area contributed by atoms with Crippen LogP contribution in [0.25, 0.3) is 11.1 Å². The van der Waals surface area contributed by atoms with Crippen molar-refractivity contribution in [1.29, 1.82) is 0 Å². The molecule has 0 unspecified atom stereocenters. The zero-order chi connectivity index (χ0) is 18.5. The van der Waals surface area contributed by atoms with Crippen LogP contribution in [0.1, 0.15) is 19.4 Å². The summed E-state index contributed by atoms with van der Waals surface area (Å²) in [6, 6.07) is 8.94. The Morgan fingerprint density at radius 2 is 1.73 bits per heavy atom. The first kappa shape index (κ1) is 18.6. The Hall–Kier alpha value is -2.18. The van der Waals surface area contributed by atoms with E-state index in [2.05, 4.69) is 44.5 Å². The van der Waals surface area contributed by atoms with E-state index in [-0.39, 0.29) is 11.9 Å². The highest BCUT2D eigenvalue weighted by atomic mass is 16.2. The largest absolute Gasteiger partial charge is 0.353 e. The number of hydrogen-bond acceptors (Lipinski definition) is 4. The fourth-order valence-corrected chi connectivity index (χ4v) is 3.31. The van der Waals surface area contributed by atoms with Gasteiger partial charge in [0.05, 0.1) is 12.7 Å². The van der Waals surface area contributed by atoms with E-state index in [9.17, 15) is 4.79 Å². The molecule has 0 bridgehead atoms. The lowest BCUT2D eigenvalue weighted by Crippen LogP contribution is -2.49. The van der Waals surface area contributed by atoms with Gasteiger partial charge in [-0.05, 0) is 25.0 Å². The maximum absolute atomic E-state index is 11.9. The number of carbonyl (C=O) groups excluding carboxylic acids is 1. The molecule has 1 aliphatic rings. The number of rotatable bonds is 6.